The fraction of sp³-hybridized carbons (Fsp3) is 0.0870. The number of hydrogen-bond acceptors (Lipinski definition) is 6. The molecule has 0 N–H and O–H groups in total. The minimum atomic E-state index is -0.838. The largest absolute Gasteiger partial charge is 0.497 e. The van der Waals surface area contributed by atoms with Crippen molar-refractivity contribution in [3.05, 3.63) is 88.5 Å². The lowest BCUT2D eigenvalue weighted by Gasteiger charge is -2.14. The molecule has 3 aromatic carbocycles. The van der Waals surface area contributed by atoms with E-state index >= 15 is 0 Å². The number of para-hydroxylation sites is 1. The Balaban J connectivity index is 1.91. The molecule has 8 heteroatoms. The van der Waals surface area contributed by atoms with Crippen LogP contribution in [-0.4, -0.2) is 29.9 Å². The van der Waals surface area contributed by atoms with E-state index in [1.165, 1.54) is 26.4 Å². The van der Waals surface area contributed by atoms with Crippen molar-refractivity contribution in [2.45, 2.75) is 0 Å². The maximum atomic E-state index is 13.2. The van der Waals surface area contributed by atoms with E-state index in [0.717, 1.165) is 16.9 Å². The third kappa shape index (κ3) is 3.95. The molecule has 0 aliphatic rings. The van der Waals surface area contributed by atoms with Crippen molar-refractivity contribution in [1.82, 2.24) is 9.71 Å². The van der Waals surface area contributed by atoms with Gasteiger partial charge >= 0.3 is 5.97 Å². The van der Waals surface area contributed by atoms with E-state index in [1.54, 1.807) is 42.5 Å². The number of carbonyl (C=O) groups is 1. The van der Waals surface area contributed by atoms with E-state index < -0.39 is 17.3 Å². The summed E-state index contributed by atoms with van der Waals surface area (Å²) in [7, 11) is 2.99. The van der Waals surface area contributed by atoms with Crippen LogP contribution in [-0.2, 0) is 0 Å². The molecule has 1 heterocycles. The molecule has 0 radical (unpaired) electrons. The quantitative estimate of drug-likeness (QED) is 0.492. The molecule has 0 fully saturated rings. The van der Waals surface area contributed by atoms with Crippen LogP contribution in [0.1, 0.15) is 10.4 Å². The first-order chi connectivity index (χ1) is 15.0. The van der Waals surface area contributed by atoms with Gasteiger partial charge in [-0.25, -0.2) is 14.2 Å². The molecule has 0 atom stereocenters. The van der Waals surface area contributed by atoms with E-state index in [4.69, 9.17) is 14.3 Å². The summed E-state index contributed by atoms with van der Waals surface area (Å²) in [5.41, 5.74) is 0.373. The van der Waals surface area contributed by atoms with Gasteiger partial charge in [0.2, 0.25) is 0 Å². The number of benzene rings is 3. The Hall–Kier alpha value is -4.20. The first kappa shape index (κ1) is 20.1. The second kappa shape index (κ2) is 8.27. The summed E-state index contributed by atoms with van der Waals surface area (Å²) in [5, 5.41) is 0.271. The first-order valence-corrected chi connectivity index (χ1v) is 9.23. The van der Waals surface area contributed by atoms with Gasteiger partial charge in [-0.2, -0.15) is 0 Å². The Morgan fingerprint density at radius 2 is 1.58 bits per heavy atom. The number of aromatic nitrogens is 2. The van der Waals surface area contributed by atoms with Crippen molar-refractivity contribution in [3.63, 3.8) is 0 Å². The lowest BCUT2D eigenvalue weighted by Crippen LogP contribution is -2.33. The number of hydrogen-bond donors (Lipinski definition) is 0. The average Bonchev–Trinajstić information content (AvgIpc) is 2.80. The number of methoxy groups -OCH3 is 2. The summed E-state index contributed by atoms with van der Waals surface area (Å²) >= 11 is 0. The summed E-state index contributed by atoms with van der Waals surface area (Å²) in [5.74, 6) is -0.321. The van der Waals surface area contributed by atoms with Gasteiger partial charge in [-0.15, -0.1) is 4.73 Å². The Kier molecular flexibility index (Phi) is 5.36. The Labute approximate surface area is 176 Å². The smallest absolute Gasteiger partial charge is 0.363 e. The lowest BCUT2D eigenvalue weighted by molar-refractivity contribution is 0.0449. The number of halogens is 1. The van der Waals surface area contributed by atoms with Gasteiger partial charge in [0.05, 0.1) is 30.7 Å². The molecule has 0 spiro atoms. The predicted octanol–water partition coefficient (Wildman–Crippen LogP) is 3.49. The normalized spacial score (nSPS) is 10.7. The average molecular weight is 420 g/mol. The molecule has 0 amide bonds. The van der Waals surface area contributed by atoms with Crippen molar-refractivity contribution in [3.8, 4) is 22.9 Å². The van der Waals surface area contributed by atoms with Crippen molar-refractivity contribution in [2.24, 2.45) is 0 Å². The zero-order chi connectivity index (χ0) is 22.0. The van der Waals surface area contributed by atoms with E-state index in [9.17, 15) is 14.0 Å². The predicted molar refractivity (Wildman–Crippen MR) is 112 cm³/mol. The first-order valence-electron chi connectivity index (χ1n) is 9.23. The van der Waals surface area contributed by atoms with Crippen molar-refractivity contribution in [1.29, 1.82) is 0 Å². The minimum absolute atomic E-state index is 0.0793. The van der Waals surface area contributed by atoms with Crippen LogP contribution >= 0.6 is 0 Å². The van der Waals surface area contributed by atoms with Crippen LogP contribution in [0, 0.1) is 5.82 Å². The second-order valence-corrected chi connectivity index (χ2v) is 6.54. The molecule has 4 aromatic rings. The van der Waals surface area contributed by atoms with Crippen LogP contribution in [0.4, 0.5) is 4.39 Å². The molecule has 0 bridgehead atoms. The van der Waals surface area contributed by atoms with E-state index in [2.05, 4.69) is 4.98 Å². The Bertz CT molecular complexity index is 1310. The summed E-state index contributed by atoms with van der Waals surface area (Å²) in [6.45, 7) is 0. The van der Waals surface area contributed by atoms with Gasteiger partial charge in [0.25, 0.3) is 5.56 Å². The lowest BCUT2D eigenvalue weighted by atomic mass is 10.1. The summed E-state index contributed by atoms with van der Waals surface area (Å²) in [6, 6.07) is 16.5. The summed E-state index contributed by atoms with van der Waals surface area (Å²) in [4.78, 5) is 35.8. The van der Waals surface area contributed by atoms with Crippen LogP contribution in [0.3, 0.4) is 0 Å². The van der Waals surface area contributed by atoms with E-state index in [-0.39, 0.29) is 16.8 Å². The molecule has 4 rings (SSSR count). The molecule has 0 saturated heterocycles. The number of ether oxygens (including phenoxy) is 2. The second-order valence-electron chi connectivity index (χ2n) is 6.54. The van der Waals surface area contributed by atoms with Gasteiger partial charge in [0.1, 0.15) is 17.3 Å². The maximum Gasteiger partial charge on any atom is 0.363 e. The minimum Gasteiger partial charge on any atom is -0.497 e. The standard InChI is InChI=1S/C23H17FN2O5/c1-29-17-11-15(12-18(13-17)30-2)21-25-20-6-4-3-5-19(20)22(27)26(21)31-23(28)14-7-9-16(24)10-8-14/h3-13H,1-2H3. The van der Waals surface area contributed by atoms with Gasteiger partial charge in [0.15, 0.2) is 5.82 Å². The molecule has 31 heavy (non-hydrogen) atoms. The van der Waals surface area contributed by atoms with Crippen LogP contribution in [0.15, 0.2) is 71.5 Å². The van der Waals surface area contributed by atoms with Crippen LogP contribution in [0.25, 0.3) is 22.3 Å². The monoisotopic (exact) mass is 420 g/mol. The highest BCUT2D eigenvalue weighted by molar-refractivity contribution is 5.90. The topological polar surface area (TPSA) is 79.7 Å². The molecule has 0 aliphatic heterocycles. The number of nitrogens with zero attached hydrogens (tertiary/aromatic N) is 2. The van der Waals surface area contributed by atoms with Crippen LogP contribution in [0.5, 0.6) is 11.5 Å². The summed E-state index contributed by atoms with van der Waals surface area (Å²) in [6.07, 6.45) is 0. The van der Waals surface area contributed by atoms with E-state index in [0.29, 0.717) is 22.6 Å². The number of fused-ring (bicyclic) bond motifs is 1. The van der Waals surface area contributed by atoms with Gasteiger partial charge < -0.3 is 14.3 Å². The summed E-state index contributed by atoms with van der Waals surface area (Å²) < 4.78 is 24.6. The highest BCUT2D eigenvalue weighted by Gasteiger charge is 2.19. The Morgan fingerprint density at radius 1 is 0.935 bits per heavy atom. The molecule has 0 unspecified atom stereocenters. The van der Waals surface area contributed by atoms with Gasteiger partial charge in [-0.1, -0.05) is 12.1 Å². The zero-order valence-corrected chi connectivity index (χ0v) is 16.7. The third-order valence-corrected chi connectivity index (χ3v) is 4.60. The highest BCUT2D eigenvalue weighted by atomic mass is 19.1. The molecule has 1 aromatic heterocycles. The fourth-order valence-electron chi connectivity index (χ4n) is 3.04. The fourth-order valence-corrected chi connectivity index (χ4v) is 3.04. The highest BCUT2D eigenvalue weighted by Crippen LogP contribution is 2.29. The molecular weight excluding hydrogens is 403 g/mol. The number of rotatable bonds is 5. The van der Waals surface area contributed by atoms with Gasteiger partial charge in [-0.3, -0.25) is 4.79 Å². The molecule has 0 aliphatic carbocycles. The molecule has 156 valence electrons. The van der Waals surface area contributed by atoms with E-state index in [1.807, 2.05) is 0 Å². The zero-order valence-electron chi connectivity index (χ0n) is 16.7. The molecular formula is C23H17FN2O5. The molecule has 7 nitrogen and oxygen atoms in total. The van der Waals surface area contributed by atoms with Gasteiger partial charge in [0, 0.05) is 11.6 Å². The molecule has 0 saturated carbocycles. The third-order valence-electron chi connectivity index (χ3n) is 4.60. The van der Waals surface area contributed by atoms with Crippen molar-refractivity contribution in [2.75, 3.05) is 14.2 Å². The van der Waals surface area contributed by atoms with Crippen LogP contribution in [0.2, 0.25) is 0 Å². The number of carbonyl (C=O) groups excluding carboxylic acids is 1. The SMILES string of the molecule is COc1cc(OC)cc(-c2nc3ccccc3c(=O)n2OC(=O)c2ccc(F)cc2)c1. The van der Waals surface area contributed by atoms with Crippen LogP contribution < -0.4 is 19.9 Å². The van der Waals surface area contributed by atoms with Crippen molar-refractivity contribution >= 4 is 16.9 Å². The van der Waals surface area contributed by atoms with Gasteiger partial charge in [-0.05, 0) is 48.5 Å². The maximum absolute atomic E-state index is 13.2. The Morgan fingerprint density at radius 3 is 2.23 bits per heavy atom. The van der Waals surface area contributed by atoms with Crippen molar-refractivity contribution < 1.29 is 23.5 Å².